The number of hydrogen-bond acceptors (Lipinski definition) is 8. The summed E-state index contributed by atoms with van der Waals surface area (Å²) in [6, 6.07) is 9.15. The zero-order chi connectivity index (χ0) is 22.8. The van der Waals surface area contributed by atoms with E-state index >= 15 is 0 Å². The summed E-state index contributed by atoms with van der Waals surface area (Å²) < 4.78 is 7.54. The van der Waals surface area contributed by atoms with Crippen LogP contribution in [0.1, 0.15) is 29.2 Å². The lowest BCUT2D eigenvalue weighted by atomic mass is 10.1. The number of methoxy groups -OCH3 is 1. The van der Waals surface area contributed by atoms with Crippen LogP contribution < -0.4 is 21.1 Å². The van der Waals surface area contributed by atoms with Gasteiger partial charge in [0, 0.05) is 18.0 Å². The van der Waals surface area contributed by atoms with Crippen LogP contribution >= 0.6 is 0 Å². The molecule has 0 bridgehead atoms. The van der Waals surface area contributed by atoms with Crippen molar-refractivity contribution in [3.8, 4) is 17.0 Å². The molecule has 33 heavy (non-hydrogen) atoms. The van der Waals surface area contributed by atoms with E-state index in [0.717, 1.165) is 37.1 Å². The topological polar surface area (TPSA) is 133 Å². The third-order valence-corrected chi connectivity index (χ3v) is 5.82. The Hall–Kier alpha value is -4.05. The van der Waals surface area contributed by atoms with Crippen molar-refractivity contribution in [1.29, 1.82) is 0 Å². The highest BCUT2D eigenvalue weighted by Gasteiger charge is 2.24. The summed E-state index contributed by atoms with van der Waals surface area (Å²) in [7, 11) is 1.56. The second-order valence-electron chi connectivity index (χ2n) is 7.84. The van der Waals surface area contributed by atoms with Crippen LogP contribution in [0.2, 0.25) is 0 Å². The number of anilines is 2. The molecule has 4 heterocycles. The molecule has 168 valence electrons. The zero-order valence-electron chi connectivity index (χ0n) is 18.2. The van der Waals surface area contributed by atoms with Crippen LogP contribution in [0.5, 0.6) is 5.75 Å². The third kappa shape index (κ3) is 3.96. The van der Waals surface area contributed by atoms with Gasteiger partial charge >= 0.3 is 0 Å². The number of pyridine rings is 1. The van der Waals surface area contributed by atoms with E-state index in [1.165, 1.54) is 12.5 Å². The number of nitrogens with zero attached hydrogens (tertiary/aromatic N) is 5. The largest absolute Gasteiger partial charge is 0.495 e. The molecule has 0 unspecified atom stereocenters. The van der Waals surface area contributed by atoms with Crippen molar-refractivity contribution >= 4 is 28.4 Å². The van der Waals surface area contributed by atoms with Gasteiger partial charge in [0.05, 0.1) is 29.8 Å². The molecule has 10 nitrogen and oxygen atoms in total. The molecule has 1 aromatic carbocycles. The molecule has 4 aromatic rings. The predicted molar refractivity (Wildman–Crippen MR) is 125 cm³/mol. The maximum atomic E-state index is 12.6. The first-order valence-electron chi connectivity index (χ1n) is 10.7. The van der Waals surface area contributed by atoms with Crippen molar-refractivity contribution in [2.24, 2.45) is 0 Å². The summed E-state index contributed by atoms with van der Waals surface area (Å²) in [5, 5.41) is 11.9. The molecule has 3 aromatic heterocycles. The number of aromatic nitrogens is 5. The molecule has 0 atom stereocenters. The number of nitrogens with two attached hydrogens (primary N) is 1. The fourth-order valence-corrected chi connectivity index (χ4v) is 4.14. The van der Waals surface area contributed by atoms with Crippen molar-refractivity contribution < 1.29 is 9.53 Å². The average Bonchev–Trinajstić information content (AvgIpc) is 3.26. The van der Waals surface area contributed by atoms with Gasteiger partial charge in [0.15, 0.2) is 5.65 Å². The summed E-state index contributed by atoms with van der Waals surface area (Å²) in [5.74, 6) is 0.611. The Bertz CT molecular complexity index is 1300. The minimum absolute atomic E-state index is 0.233. The predicted octanol–water partition coefficient (Wildman–Crippen LogP) is 2.66. The van der Waals surface area contributed by atoms with Crippen LogP contribution in [0.15, 0.2) is 49.1 Å². The standard InChI is InChI=1S/C23H24N8O2/c1-33-18-11-14(4-5-17(18)29-23(32)15-3-2-8-26-12-15)20-19-21(24)27-13-28-22(19)31(30-20)16-6-9-25-10-7-16/h2-5,8,11-13,16,25H,6-7,9-10H2,1H3,(H,29,32)(H2,24,27,28). The first-order chi connectivity index (χ1) is 16.2. The first kappa shape index (κ1) is 20.8. The number of amides is 1. The molecule has 0 radical (unpaired) electrons. The Kier molecular flexibility index (Phi) is 5.57. The van der Waals surface area contributed by atoms with Crippen molar-refractivity contribution in [3.63, 3.8) is 0 Å². The lowest BCUT2D eigenvalue weighted by molar-refractivity contribution is 0.102. The molecule has 4 N–H and O–H groups in total. The van der Waals surface area contributed by atoms with Gasteiger partial charge in [-0.05, 0) is 50.2 Å². The van der Waals surface area contributed by atoms with E-state index in [2.05, 4.69) is 25.6 Å². The second-order valence-corrected chi connectivity index (χ2v) is 7.84. The minimum Gasteiger partial charge on any atom is -0.495 e. The van der Waals surface area contributed by atoms with E-state index in [9.17, 15) is 4.79 Å². The summed E-state index contributed by atoms with van der Waals surface area (Å²) in [6.45, 7) is 1.86. The normalized spacial score (nSPS) is 14.3. The molecular formula is C23H24N8O2. The Morgan fingerprint density at radius 3 is 2.85 bits per heavy atom. The Morgan fingerprint density at radius 2 is 2.09 bits per heavy atom. The number of hydrogen-bond donors (Lipinski definition) is 3. The highest BCUT2D eigenvalue weighted by Crippen LogP contribution is 2.36. The Morgan fingerprint density at radius 1 is 1.24 bits per heavy atom. The Balaban J connectivity index is 1.54. The number of nitrogens with one attached hydrogen (secondary N) is 2. The van der Waals surface area contributed by atoms with Gasteiger partial charge in [-0.25, -0.2) is 14.6 Å². The number of nitrogen functional groups attached to an aromatic ring is 1. The monoisotopic (exact) mass is 444 g/mol. The molecule has 1 saturated heterocycles. The number of fused-ring (bicyclic) bond motifs is 1. The lowest BCUT2D eigenvalue weighted by Crippen LogP contribution is -2.30. The summed E-state index contributed by atoms with van der Waals surface area (Å²) in [6.07, 6.45) is 6.53. The van der Waals surface area contributed by atoms with Crippen LogP contribution in [0.25, 0.3) is 22.3 Å². The highest BCUT2D eigenvalue weighted by molar-refractivity contribution is 6.05. The van der Waals surface area contributed by atoms with Gasteiger partial charge in [-0.15, -0.1) is 0 Å². The van der Waals surface area contributed by atoms with E-state index in [0.29, 0.717) is 33.9 Å². The van der Waals surface area contributed by atoms with Crippen LogP contribution in [0.3, 0.4) is 0 Å². The summed E-state index contributed by atoms with van der Waals surface area (Å²) in [4.78, 5) is 25.2. The SMILES string of the molecule is COc1cc(-c2nn(C3CCNCC3)c3ncnc(N)c23)ccc1NC(=O)c1cccnc1. The fraction of sp³-hybridized carbons (Fsp3) is 0.261. The first-order valence-corrected chi connectivity index (χ1v) is 10.7. The number of carbonyl (C=O) groups excluding carboxylic acids is 1. The van der Waals surface area contributed by atoms with E-state index in [1.807, 2.05) is 16.8 Å². The average molecular weight is 444 g/mol. The molecule has 0 aliphatic carbocycles. The van der Waals surface area contributed by atoms with Crippen LogP contribution in [-0.4, -0.2) is 50.8 Å². The van der Waals surface area contributed by atoms with Gasteiger partial charge in [0.2, 0.25) is 0 Å². The van der Waals surface area contributed by atoms with Gasteiger partial charge in [0.1, 0.15) is 23.6 Å². The molecular weight excluding hydrogens is 420 g/mol. The number of piperidine rings is 1. The number of carbonyl (C=O) groups is 1. The molecule has 1 aliphatic rings. The molecule has 0 saturated carbocycles. The van der Waals surface area contributed by atoms with Crippen molar-refractivity contribution in [1.82, 2.24) is 30.0 Å². The smallest absolute Gasteiger partial charge is 0.257 e. The van der Waals surface area contributed by atoms with E-state index in [-0.39, 0.29) is 11.9 Å². The van der Waals surface area contributed by atoms with Crippen molar-refractivity contribution in [2.75, 3.05) is 31.2 Å². The van der Waals surface area contributed by atoms with Crippen LogP contribution in [-0.2, 0) is 0 Å². The molecule has 5 rings (SSSR count). The summed E-state index contributed by atoms with van der Waals surface area (Å²) >= 11 is 0. The number of rotatable bonds is 5. The quantitative estimate of drug-likeness (QED) is 0.428. The molecule has 1 fully saturated rings. The molecule has 10 heteroatoms. The molecule has 1 amide bonds. The van der Waals surface area contributed by atoms with Crippen molar-refractivity contribution in [3.05, 3.63) is 54.6 Å². The van der Waals surface area contributed by atoms with E-state index in [4.69, 9.17) is 15.6 Å². The van der Waals surface area contributed by atoms with Crippen LogP contribution in [0.4, 0.5) is 11.5 Å². The zero-order valence-corrected chi connectivity index (χ0v) is 18.2. The van der Waals surface area contributed by atoms with Crippen LogP contribution in [0, 0.1) is 0 Å². The number of ether oxygens (including phenoxy) is 1. The fourth-order valence-electron chi connectivity index (χ4n) is 4.14. The van der Waals surface area contributed by atoms with Gasteiger partial charge in [-0.1, -0.05) is 6.07 Å². The van der Waals surface area contributed by atoms with Gasteiger partial charge < -0.3 is 21.1 Å². The van der Waals surface area contributed by atoms with E-state index in [1.54, 1.807) is 31.5 Å². The van der Waals surface area contributed by atoms with Crippen molar-refractivity contribution in [2.45, 2.75) is 18.9 Å². The molecule has 1 aliphatic heterocycles. The lowest BCUT2D eigenvalue weighted by Gasteiger charge is -2.23. The van der Waals surface area contributed by atoms with Gasteiger partial charge in [-0.3, -0.25) is 9.78 Å². The molecule has 0 spiro atoms. The highest BCUT2D eigenvalue weighted by atomic mass is 16.5. The number of benzene rings is 1. The maximum absolute atomic E-state index is 12.6. The second kappa shape index (κ2) is 8.83. The maximum Gasteiger partial charge on any atom is 0.257 e. The summed E-state index contributed by atoms with van der Waals surface area (Å²) in [5.41, 5.74) is 9.46. The van der Waals surface area contributed by atoms with Gasteiger partial charge in [-0.2, -0.15) is 5.10 Å². The third-order valence-electron chi connectivity index (χ3n) is 5.82. The minimum atomic E-state index is -0.271. The van der Waals surface area contributed by atoms with E-state index < -0.39 is 0 Å². The Labute approximate surface area is 190 Å². The van der Waals surface area contributed by atoms with Gasteiger partial charge in [0.25, 0.3) is 5.91 Å².